The minimum atomic E-state index is -3.76. The van der Waals surface area contributed by atoms with Crippen LogP contribution in [0.2, 0.25) is 0 Å². The number of hydrogen-bond donors (Lipinski definition) is 2. The van der Waals surface area contributed by atoms with Gasteiger partial charge in [0, 0.05) is 35.5 Å². The Hall–Kier alpha value is -3.31. The zero-order valence-corrected chi connectivity index (χ0v) is 15.1. The average Bonchev–Trinajstić information content (AvgIpc) is 3.13. The number of aromatic nitrogens is 1. The summed E-state index contributed by atoms with van der Waals surface area (Å²) in [6.07, 6.45) is 2.75. The van der Waals surface area contributed by atoms with Gasteiger partial charge in [0.25, 0.3) is 15.7 Å². The average molecular weight is 404 g/mol. The Kier molecular flexibility index (Phi) is 5.14. The zero-order chi connectivity index (χ0) is 19.4. The van der Waals surface area contributed by atoms with Crippen molar-refractivity contribution in [3.05, 3.63) is 69.7 Å². The van der Waals surface area contributed by atoms with Gasteiger partial charge in [0.05, 0.1) is 15.5 Å². The van der Waals surface area contributed by atoms with Crippen molar-refractivity contribution >= 4 is 44.1 Å². The van der Waals surface area contributed by atoms with Crippen LogP contribution in [0, 0.1) is 10.1 Å². The van der Waals surface area contributed by atoms with Crippen molar-refractivity contribution in [1.29, 1.82) is 0 Å². The second-order valence-corrected chi connectivity index (χ2v) is 7.77. The van der Waals surface area contributed by atoms with Gasteiger partial charge in [-0.15, -0.1) is 11.3 Å². The lowest BCUT2D eigenvalue weighted by Crippen LogP contribution is -2.12. The Balaban J connectivity index is 1.79. The fourth-order valence-electron chi connectivity index (χ4n) is 2.06. The highest BCUT2D eigenvalue weighted by Crippen LogP contribution is 2.23. The summed E-state index contributed by atoms with van der Waals surface area (Å²) in [6.45, 7) is 0. The number of aliphatic imine (C=N–C) groups is 1. The number of sulfonamides is 1. The molecule has 1 heterocycles. The number of benzene rings is 2. The van der Waals surface area contributed by atoms with Gasteiger partial charge in [0.2, 0.25) is 0 Å². The fraction of sp³-hybridized carbons (Fsp3) is 0. The number of nitrogens with zero attached hydrogens (tertiary/aromatic N) is 3. The number of hydrogen-bond acceptors (Lipinski definition) is 8. The van der Waals surface area contributed by atoms with Crippen LogP contribution in [0.3, 0.4) is 0 Å². The summed E-state index contributed by atoms with van der Waals surface area (Å²) in [5.41, 5.74) is 0.407. The molecule has 0 unspecified atom stereocenters. The van der Waals surface area contributed by atoms with E-state index < -0.39 is 14.9 Å². The molecule has 3 aromatic rings. The molecule has 2 N–H and O–H groups in total. The maximum Gasteiger partial charge on any atom is 0.270 e. The number of nitro benzene ring substituents is 1. The molecule has 0 aliphatic carbocycles. The maximum absolute atomic E-state index is 12.3. The highest BCUT2D eigenvalue weighted by molar-refractivity contribution is 7.93. The number of nitrogens with one attached hydrogen (secondary N) is 1. The Bertz CT molecular complexity index is 1090. The van der Waals surface area contributed by atoms with Crippen molar-refractivity contribution in [2.24, 2.45) is 4.99 Å². The van der Waals surface area contributed by atoms with Crippen LogP contribution in [-0.4, -0.2) is 29.6 Å². The number of phenols is 1. The number of thiazole rings is 1. The topological polar surface area (TPSA) is 135 Å². The van der Waals surface area contributed by atoms with E-state index >= 15 is 0 Å². The predicted molar refractivity (Wildman–Crippen MR) is 101 cm³/mol. The quantitative estimate of drug-likeness (QED) is 0.368. The monoisotopic (exact) mass is 404 g/mol. The van der Waals surface area contributed by atoms with Gasteiger partial charge in [-0.05, 0) is 30.3 Å². The number of non-ortho nitro benzene ring substituents is 1. The van der Waals surface area contributed by atoms with Crippen molar-refractivity contribution < 1.29 is 18.4 Å². The standard InChI is InChI=1S/C16H12N4O5S2/c21-15-6-3-13(20(22)23)9-11(15)10-18-12-1-4-14(5-2-12)27(24,25)19-16-17-7-8-26-16/h1-10,21H,(H,17,19). The molecular formula is C16H12N4O5S2. The molecule has 11 heteroatoms. The van der Waals surface area contributed by atoms with Crippen molar-refractivity contribution in [3.63, 3.8) is 0 Å². The normalized spacial score (nSPS) is 11.6. The Labute approximate surface area is 157 Å². The van der Waals surface area contributed by atoms with Crippen molar-refractivity contribution in [2.75, 3.05) is 4.72 Å². The summed E-state index contributed by atoms with van der Waals surface area (Å²) in [6, 6.07) is 9.27. The molecule has 0 spiro atoms. The molecule has 138 valence electrons. The Morgan fingerprint density at radius 3 is 2.59 bits per heavy atom. The van der Waals surface area contributed by atoms with Crippen LogP contribution in [0.1, 0.15) is 5.56 Å². The first-order valence-corrected chi connectivity index (χ1v) is 9.75. The molecule has 0 fully saturated rings. The molecule has 0 radical (unpaired) electrons. The second kappa shape index (κ2) is 7.51. The van der Waals surface area contributed by atoms with E-state index in [2.05, 4.69) is 14.7 Å². The number of rotatable bonds is 6. The SMILES string of the molecule is O=[N+]([O-])c1ccc(O)c(C=Nc2ccc(S(=O)(=O)Nc3nccs3)cc2)c1. The summed E-state index contributed by atoms with van der Waals surface area (Å²) >= 11 is 1.16. The van der Waals surface area contributed by atoms with E-state index in [9.17, 15) is 23.6 Å². The fourth-order valence-corrected chi connectivity index (χ4v) is 3.85. The largest absolute Gasteiger partial charge is 0.507 e. The van der Waals surface area contributed by atoms with Crippen molar-refractivity contribution in [2.45, 2.75) is 4.90 Å². The minimum absolute atomic E-state index is 0.0369. The van der Waals surface area contributed by atoms with Gasteiger partial charge >= 0.3 is 0 Å². The van der Waals surface area contributed by atoms with E-state index in [1.807, 2.05) is 0 Å². The van der Waals surface area contributed by atoms with Crippen molar-refractivity contribution in [1.82, 2.24) is 4.98 Å². The molecule has 0 saturated carbocycles. The molecule has 3 rings (SSSR count). The summed E-state index contributed by atoms with van der Waals surface area (Å²) in [5.74, 6) is -0.156. The van der Waals surface area contributed by atoms with E-state index in [1.54, 1.807) is 5.38 Å². The first kappa shape index (κ1) is 18.5. The highest BCUT2D eigenvalue weighted by atomic mass is 32.2. The maximum atomic E-state index is 12.3. The van der Waals surface area contributed by atoms with Crippen LogP contribution in [0.4, 0.5) is 16.5 Å². The predicted octanol–water partition coefficient (Wildman–Crippen LogP) is 3.31. The molecule has 0 atom stereocenters. The van der Waals surface area contributed by atoms with Gasteiger partial charge in [-0.1, -0.05) is 0 Å². The van der Waals surface area contributed by atoms with Crippen LogP contribution in [0.5, 0.6) is 5.75 Å². The molecule has 0 aliphatic rings. The van der Waals surface area contributed by atoms with E-state index in [1.165, 1.54) is 54.9 Å². The minimum Gasteiger partial charge on any atom is -0.507 e. The van der Waals surface area contributed by atoms with E-state index in [0.717, 1.165) is 11.3 Å². The summed E-state index contributed by atoms with van der Waals surface area (Å²) in [5, 5.41) is 22.5. The van der Waals surface area contributed by atoms with Gasteiger partial charge in [-0.3, -0.25) is 19.8 Å². The van der Waals surface area contributed by atoms with Crippen LogP contribution in [0.25, 0.3) is 0 Å². The number of nitro groups is 1. The van der Waals surface area contributed by atoms with Crippen LogP contribution in [0.15, 0.2) is 63.9 Å². The first-order chi connectivity index (χ1) is 12.8. The van der Waals surface area contributed by atoms with E-state index in [-0.39, 0.29) is 27.0 Å². The van der Waals surface area contributed by atoms with Gasteiger partial charge in [0.15, 0.2) is 5.13 Å². The second-order valence-electron chi connectivity index (χ2n) is 5.20. The molecule has 2 aromatic carbocycles. The van der Waals surface area contributed by atoms with Gasteiger partial charge in [-0.25, -0.2) is 13.4 Å². The zero-order valence-electron chi connectivity index (χ0n) is 13.5. The van der Waals surface area contributed by atoms with E-state index in [0.29, 0.717) is 5.69 Å². The van der Waals surface area contributed by atoms with Gasteiger partial charge in [-0.2, -0.15) is 0 Å². The molecule has 0 amide bonds. The third kappa shape index (κ3) is 4.46. The van der Waals surface area contributed by atoms with E-state index in [4.69, 9.17) is 0 Å². The number of aromatic hydroxyl groups is 1. The lowest BCUT2D eigenvalue weighted by molar-refractivity contribution is -0.384. The Morgan fingerprint density at radius 1 is 1.22 bits per heavy atom. The molecule has 1 aromatic heterocycles. The molecule has 0 aliphatic heterocycles. The van der Waals surface area contributed by atoms with Gasteiger partial charge < -0.3 is 5.11 Å². The van der Waals surface area contributed by atoms with Crippen molar-refractivity contribution in [3.8, 4) is 5.75 Å². The summed E-state index contributed by atoms with van der Waals surface area (Å²) in [7, 11) is -3.76. The Morgan fingerprint density at radius 2 is 1.96 bits per heavy atom. The number of phenolic OH excluding ortho intramolecular Hbond substituents is 1. The molecule has 27 heavy (non-hydrogen) atoms. The third-order valence-electron chi connectivity index (χ3n) is 3.38. The summed E-state index contributed by atoms with van der Waals surface area (Å²) < 4.78 is 26.9. The van der Waals surface area contributed by atoms with Gasteiger partial charge in [0.1, 0.15) is 5.75 Å². The molecule has 0 bridgehead atoms. The first-order valence-electron chi connectivity index (χ1n) is 7.39. The molecule has 9 nitrogen and oxygen atoms in total. The lowest BCUT2D eigenvalue weighted by Gasteiger charge is -2.05. The van der Waals surface area contributed by atoms with Crippen LogP contribution < -0.4 is 4.72 Å². The molecular weight excluding hydrogens is 392 g/mol. The van der Waals surface area contributed by atoms with Crippen LogP contribution in [-0.2, 0) is 10.0 Å². The lowest BCUT2D eigenvalue weighted by atomic mass is 10.2. The number of anilines is 1. The summed E-state index contributed by atoms with van der Waals surface area (Å²) in [4.78, 5) is 18.2. The molecule has 0 saturated heterocycles. The highest BCUT2D eigenvalue weighted by Gasteiger charge is 2.15. The smallest absolute Gasteiger partial charge is 0.270 e. The third-order valence-corrected chi connectivity index (χ3v) is 5.55. The van der Waals surface area contributed by atoms with Crippen LogP contribution >= 0.6 is 11.3 Å².